The highest BCUT2D eigenvalue weighted by atomic mass is 32.2. The monoisotopic (exact) mass is 452 g/mol. The van der Waals surface area contributed by atoms with Crippen molar-refractivity contribution in [2.75, 3.05) is 0 Å². The fourth-order valence-corrected chi connectivity index (χ4v) is 5.09. The lowest BCUT2D eigenvalue weighted by Gasteiger charge is -2.12. The van der Waals surface area contributed by atoms with Crippen molar-refractivity contribution in [3.8, 4) is 0 Å². The van der Waals surface area contributed by atoms with Crippen LogP contribution in [0.2, 0.25) is 0 Å². The Morgan fingerprint density at radius 3 is 1.25 bits per heavy atom. The molecule has 32 heavy (non-hydrogen) atoms. The van der Waals surface area contributed by atoms with Crippen LogP contribution in [-0.2, 0) is 17.1 Å². The maximum Gasteiger partial charge on any atom is 0.417 e. The van der Waals surface area contributed by atoms with E-state index in [0.29, 0.717) is 6.07 Å². The largest absolute Gasteiger partial charge is 0.545 e. The molecule has 0 atom stereocenters. The molecule has 0 fully saturated rings. The molecule has 0 spiro atoms. The van der Waals surface area contributed by atoms with Gasteiger partial charge in [-0.1, -0.05) is 72.8 Å². The third-order valence-electron chi connectivity index (χ3n) is 4.39. The molecule has 0 heterocycles. The molecule has 0 saturated carbocycles. The van der Waals surface area contributed by atoms with Gasteiger partial charge in [0, 0.05) is 5.56 Å². The number of rotatable bonds is 4. The molecular weight excluding hydrogens is 433 g/mol. The Hall–Kier alpha value is -3.51. The van der Waals surface area contributed by atoms with E-state index in [4.69, 9.17) is 0 Å². The molecule has 0 amide bonds. The SMILES string of the molecule is O=C([O-])c1ccccc1C(F)(F)F.c1ccc([S+](c2ccccc2)c2ccccc2)cc1. The molecule has 0 aliphatic rings. The smallest absolute Gasteiger partial charge is 0.417 e. The normalized spacial score (nSPS) is 10.9. The minimum atomic E-state index is -4.66. The summed E-state index contributed by atoms with van der Waals surface area (Å²) in [6.45, 7) is 0. The lowest BCUT2D eigenvalue weighted by atomic mass is 10.1. The van der Waals surface area contributed by atoms with Gasteiger partial charge in [0.1, 0.15) is 0 Å². The van der Waals surface area contributed by atoms with Gasteiger partial charge in [-0.2, -0.15) is 13.2 Å². The van der Waals surface area contributed by atoms with Crippen molar-refractivity contribution < 1.29 is 23.1 Å². The van der Waals surface area contributed by atoms with Gasteiger partial charge in [-0.15, -0.1) is 0 Å². The first-order valence-corrected chi connectivity index (χ1v) is 10.9. The Balaban J connectivity index is 0.000000195. The highest BCUT2D eigenvalue weighted by Crippen LogP contribution is 2.32. The molecule has 2 nitrogen and oxygen atoms in total. The average Bonchev–Trinajstić information content (AvgIpc) is 2.81. The molecule has 0 aliphatic carbocycles. The topological polar surface area (TPSA) is 40.1 Å². The first kappa shape index (κ1) is 23.2. The summed E-state index contributed by atoms with van der Waals surface area (Å²) in [4.78, 5) is 14.3. The van der Waals surface area contributed by atoms with E-state index >= 15 is 0 Å². The standard InChI is InChI=1S/C18H15S.C8H5F3O2/c1-4-10-16(11-5-1)19(17-12-6-2-7-13-17)18-14-8-3-9-15-18;9-8(10,11)6-4-2-1-3-5(6)7(12)13/h1-15H;1-4H,(H,12,13)/q+1;/p-1. The van der Waals surface area contributed by atoms with Crippen molar-refractivity contribution >= 4 is 16.9 Å². The molecule has 4 aromatic carbocycles. The number of aromatic carboxylic acids is 1. The van der Waals surface area contributed by atoms with Crippen LogP contribution in [0.15, 0.2) is 130 Å². The molecule has 0 saturated heterocycles. The minimum Gasteiger partial charge on any atom is -0.545 e. The molecule has 0 aromatic heterocycles. The van der Waals surface area contributed by atoms with Crippen molar-refractivity contribution in [3.63, 3.8) is 0 Å². The quantitative estimate of drug-likeness (QED) is 0.365. The Morgan fingerprint density at radius 1 is 0.594 bits per heavy atom. The summed E-state index contributed by atoms with van der Waals surface area (Å²) in [6.07, 6.45) is -4.66. The van der Waals surface area contributed by atoms with E-state index in [2.05, 4.69) is 91.0 Å². The second-order valence-electron chi connectivity index (χ2n) is 6.58. The predicted molar refractivity (Wildman–Crippen MR) is 117 cm³/mol. The van der Waals surface area contributed by atoms with Gasteiger partial charge in [0.25, 0.3) is 0 Å². The van der Waals surface area contributed by atoms with Gasteiger partial charge in [-0.3, -0.25) is 0 Å². The van der Waals surface area contributed by atoms with Crippen LogP contribution in [0.5, 0.6) is 0 Å². The van der Waals surface area contributed by atoms with E-state index in [0.717, 1.165) is 12.1 Å². The highest BCUT2D eigenvalue weighted by molar-refractivity contribution is 7.97. The van der Waals surface area contributed by atoms with Crippen LogP contribution in [0, 0.1) is 0 Å². The molecule has 0 radical (unpaired) electrons. The van der Waals surface area contributed by atoms with Crippen molar-refractivity contribution in [3.05, 3.63) is 126 Å². The summed E-state index contributed by atoms with van der Waals surface area (Å²) in [7, 11) is -0.0146. The summed E-state index contributed by atoms with van der Waals surface area (Å²) in [5.41, 5.74) is -2.02. The third-order valence-corrected chi connectivity index (χ3v) is 6.62. The summed E-state index contributed by atoms with van der Waals surface area (Å²) in [5, 5.41) is 10.3. The molecule has 4 aromatic rings. The number of hydrogen-bond acceptors (Lipinski definition) is 2. The minimum absolute atomic E-state index is 0.0146. The molecule has 162 valence electrons. The number of benzene rings is 4. The molecule has 0 aliphatic heterocycles. The Morgan fingerprint density at radius 2 is 0.938 bits per heavy atom. The van der Waals surface area contributed by atoms with Crippen LogP contribution < -0.4 is 5.11 Å². The lowest BCUT2D eigenvalue weighted by Crippen LogP contribution is -2.25. The van der Waals surface area contributed by atoms with Gasteiger partial charge in [-0.25, -0.2) is 0 Å². The zero-order valence-electron chi connectivity index (χ0n) is 16.8. The van der Waals surface area contributed by atoms with Gasteiger partial charge in [0.2, 0.25) is 0 Å². The van der Waals surface area contributed by atoms with Crippen LogP contribution in [0.1, 0.15) is 15.9 Å². The van der Waals surface area contributed by atoms with Crippen molar-refractivity contribution in [1.82, 2.24) is 0 Å². The van der Waals surface area contributed by atoms with E-state index < -0.39 is 23.3 Å². The fourth-order valence-electron chi connectivity index (χ4n) is 2.99. The Kier molecular flexibility index (Phi) is 7.73. The number of carboxylic acids is 1. The van der Waals surface area contributed by atoms with Gasteiger partial charge < -0.3 is 9.90 Å². The van der Waals surface area contributed by atoms with Gasteiger partial charge in [0.15, 0.2) is 14.7 Å². The van der Waals surface area contributed by atoms with Gasteiger partial charge in [0.05, 0.1) is 22.4 Å². The number of halogens is 3. The highest BCUT2D eigenvalue weighted by Gasteiger charge is 2.33. The number of carbonyl (C=O) groups is 1. The molecule has 6 heteroatoms. The van der Waals surface area contributed by atoms with E-state index in [1.54, 1.807) is 0 Å². The summed E-state index contributed by atoms with van der Waals surface area (Å²) in [6, 6.07) is 36.0. The van der Waals surface area contributed by atoms with Crippen LogP contribution >= 0.6 is 0 Å². The Labute approximate surface area is 187 Å². The average molecular weight is 452 g/mol. The van der Waals surface area contributed by atoms with Crippen LogP contribution in [0.4, 0.5) is 13.2 Å². The molecular formula is C26H19F3O2S. The first-order chi connectivity index (χ1) is 15.4. The number of hydrogen-bond donors (Lipinski definition) is 0. The maximum atomic E-state index is 12.1. The number of carbonyl (C=O) groups excluding carboxylic acids is 1. The lowest BCUT2D eigenvalue weighted by molar-refractivity contribution is -0.255. The van der Waals surface area contributed by atoms with Gasteiger partial charge in [-0.05, 0) is 42.5 Å². The zero-order chi connectivity index (χ0) is 23.0. The maximum absolute atomic E-state index is 12.1. The molecule has 0 bridgehead atoms. The summed E-state index contributed by atoms with van der Waals surface area (Å²) >= 11 is 0. The van der Waals surface area contributed by atoms with E-state index in [-0.39, 0.29) is 10.9 Å². The van der Waals surface area contributed by atoms with E-state index in [1.807, 2.05) is 0 Å². The zero-order valence-corrected chi connectivity index (χ0v) is 17.6. The first-order valence-electron chi connectivity index (χ1n) is 9.65. The number of carboxylic acid groups (broad SMARTS) is 1. The second kappa shape index (κ2) is 10.7. The number of alkyl halides is 3. The molecule has 0 unspecified atom stereocenters. The van der Waals surface area contributed by atoms with Gasteiger partial charge >= 0.3 is 6.18 Å². The van der Waals surface area contributed by atoms with Crippen molar-refractivity contribution in [2.24, 2.45) is 0 Å². The van der Waals surface area contributed by atoms with E-state index in [9.17, 15) is 23.1 Å². The predicted octanol–water partition coefficient (Wildman–Crippen LogP) is 5.85. The van der Waals surface area contributed by atoms with Crippen LogP contribution in [0.3, 0.4) is 0 Å². The Bertz CT molecular complexity index is 1040. The summed E-state index contributed by atoms with van der Waals surface area (Å²) in [5.74, 6) is -1.83. The van der Waals surface area contributed by atoms with E-state index in [1.165, 1.54) is 20.8 Å². The van der Waals surface area contributed by atoms with Crippen molar-refractivity contribution in [1.29, 1.82) is 0 Å². The fraction of sp³-hybridized carbons (Fsp3) is 0.0385. The second-order valence-corrected chi connectivity index (χ2v) is 8.60. The molecule has 0 N–H and O–H groups in total. The van der Waals surface area contributed by atoms with Crippen LogP contribution in [-0.4, -0.2) is 5.97 Å². The van der Waals surface area contributed by atoms with Crippen molar-refractivity contribution in [2.45, 2.75) is 20.9 Å². The molecule has 4 rings (SSSR count). The summed E-state index contributed by atoms with van der Waals surface area (Å²) < 4.78 is 36.4. The van der Waals surface area contributed by atoms with Crippen LogP contribution in [0.25, 0.3) is 0 Å². The third kappa shape index (κ3) is 6.02.